The highest BCUT2D eigenvalue weighted by Gasteiger charge is 2.07. The van der Waals surface area contributed by atoms with E-state index in [0.717, 1.165) is 19.5 Å². The SMILES string of the molecule is COCCN(CCCC#N)CCC(=O)OC. The quantitative estimate of drug-likeness (QED) is 0.431. The van der Waals surface area contributed by atoms with Gasteiger partial charge in [0.15, 0.2) is 0 Å². The van der Waals surface area contributed by atoms with Crippen molar-refractivity contribution in [3.8, 4) is 6.07 Å². The molecule has 92 valence electrons. The molecular formula is C11H20N2O3. The van der Waals surface area contributed by atoms with Gasteiger partial charge < -0.3 is 14.4 Å². The molecule has 0 heterocycles. The number of carbonyl (C=O) groups is 1. The molecule has 0 aromatic heterocycles. The molecule has 0 bridgehead atoms. The molecule has 0 radical (unpaired) electrons. The van der Waals surface area contributed by atoms with Crippen LogP contribution in [0.2, 0.25) is 0 Å². The highest BCUT2D eigenvalue weighted by Crippen LogP contribution is 1.98. The predicted molar refractivity (Wildman–Crippen MR) is 59.8 cm³/mol. The second kappa shape index (κ2) is 10.4. The lowest BCUT2D eigenvalue weighted by Gasteiger charge is -2.20. The number of carbonyl (C=O) groups excluding carboxylic acids is 1. The van der Waals surface area contributed by atoms with Crippen LogP contribution in [0.1, 0.15) is 19.3 Å². The van der Waals surface area contributed by atoms with E-state index in [0.29, 0.717) is 26.0 Å². The summed E-state index contributed by atoms with van der Waals surface area (Å²) in [6.45, 7) is 2.88. The minimum absolute atomic E-state index is 0.206. The summed E-state index contributed by atoms with van der Waals surface area (Å²) in [5.74, 6) is -0.206. The molecule has 0 aromatic carbocycles. The van der Waals surface area contributed by atoms with Gasteiger partial charge in [-0.3, -0.25) is 4.79 Å². The van der Waals surface area contributed by atoms with Crippen LogP contribution >= 0.6 is 0 Å². The molecule has 0 aliphatic carbocycles. The molecule has 0 amide bonds. The summed E-state index contributed by atoms with van der Waals surface area (Å²) >= 11 is 0. The smallest absolute Gasteiger partial charge is 0.306 e. The number of nitriles is 1. The minimum Gasteiger partial charge on any atom is -0.469 e. The molecule has 5 nitrogen and oxygen atoms in total. The maximum Gasteiger partial charge on any atom is 0.306 e. The van der Waals surface area contributed by atoms with Crippen molar-refractivity contribution in [1.29, 1.82) is 5.26 Å². The van der Waals surface area contributed by atoms with E-state index in [1.807, 2.05) is 0 Å². The van der Waals surface area contributed by atoms with E-state index >= 15 is 0 Å². The Morgan fingerprint density at radius 2 is 2.06 bits per heavy atom. The van der Waals surface area contributed by atoms with E-state index in [-0.39, 0.29) is 5.97 Å². The Kier molecular flexibility index (Phi) is 9.67. The third kappa shape index (κ3) is 8.21. The molecule has 0 rings (SSSR count). The Bertz CT molecular complexity index is 226. The topological polar surface area (TPSA) is 62.6 Å². The molecule has 0 spiro atoms. The molecule has 0 saturated carbocycles. The van der Waals surface area contributed by atoms with Crippen LogP contribution in [0.4, 0.5) is 0 Å². The van der Waals surface area contributed by atoms with Gasteiger partial charge in [0.05, 0.1) is 26.2 Å². The molecule has 0 unspecified atom stereocenters. The first-order chi connectivity index (χ1) is 7.74. The third-order valence-electron chi connectivity index (χ3n) is 2.23. The fraction of sp³-hybridized carbons (Fsp3) is 0.818. The van der Waals surface area contributed by atoms with Crippen molar-refractivity contribution < 1.29 is 14.3 Å². The van der Waals surface area contributed by atoms with Crippen LogP contribution in [0.15, 0.2) is 0 Å². The Morgan fingerprint density at radius 3 is 2.62 bits per heavy atom. The zero-order valence-corrected chi connectivity index (χ0v) is 10.1. The first kappa shape index (κ1) is 14.9. The average Bonchev–Trinajstić information content (AvgIpc) is 2.31. The van der Waals surface area contributed by atoms with Crippen LogP contribution in [0.25, 0.3) is 0 Å². The average molecular weight is 228 g/mol. The van der Waals surface area contributed by atoms with Gasteiger partial charge in [-0.15, -0.1) is 0 Å². The Hall–Kier alpha value is -1.12. The first-order valence-electron chi connectivity index (χ1n) is 5.39. The summed E-state index contributed by atoms with van der Waals surface area (Å²) in [4.78, 5) is 13.1. The van der Waals surface area contributed by atoms with Gasteiger partial charge in [0.1, 0.15) is 0 Å². The van der Waals surface area contributed by atoms with Crippen molar-refractivity contribution in [3.05, 3.63) is 0 Å². The monoisotopic (exact) mass is 228 g/mol. The second-order valence-corrected chi connectivity index (χ2v) is 3.42. The Balaban J connectivity index is 3.80. The van der Waals surface area contributed by atoms with Gasteiger partial charge in [-0.1, -0.05) is 0 Å². The summed E-state index contributed by atoms with van der Waals surface area (Å²) < 4.78 is 9.57. The van der Waals surface area contributed by atoms with Gasteiger partial charge >= 0.3 is 5.97 Å². The summed E-state index contributed by atoms with van der Waals surface area (Å²) in [5.41, 5.74) is 0. The van der Waals surface area contributed by atoms with Gasteiger partial charge in [0, 0.05) is 26.6 Å². The molecule has 5 heteroatoms. The fourth-order valence-corrected chi connectivity index (χ4v) is 1.29. The summed E-state index contributed by atoms with van der Waals surface area (Å²) in [6.07, 6.45) is 1.75. The van der Waals surface area contributed by atoms with Crippen LogP contribution in [0, 0.1) is 11.3 Å². The number of hydrogen-bond acceptors (Lipinski definition) is 5. The largest absolute Gasteiger partial charge is 0.469 e. The molecule has 0 aliphatic heterocycles. The van der Waals surface area contributed by atoms with Gasteiger partial charge in [0.25, 0.3) is 0 Å². The van der Waals surface area contributed by atoms with Crippen LogP contribution in [-0.4, -0.2) is 51.3 Å². The van der Waals surface area contributed by atoms with Crippen molar-refractivity contribution in [1.82, 2.24) is 4.90 Å². The zero-order chi connectivity index (χ0) is 12.2. The van der Waals surface area contributed by atoms with E-state index in [1.54, 1.807) is 7.11 Å². The molecule has 0 N–H and O–H groups in total. The lowest BCUT2D eigenvalue weighted by Crippen LogP contribution is -2.31. The molecule has 0 atom stereocenters. The molecule has 16 heavy (non-hydrogen) atoms. The summed E-state index contributed by atoms with van der Waals surface area (Å²) in [5, 5.41) is 8.44. The highest BCUT2D eigenvalue weighted by molar-refractivity contribution is 5.69. The van der Waals surface area contributed by atoms with Crippen molar-refractivity contribution in [2.45, 2.75) is 19.3 Å². The first-order valence-corrected chi connectivity index (χ1v) is 5.39. The standard InChI is InChI=1S/C11H20N2O3/c1-15-10-9-13(7-4-3-6-12)8-5-11(14)16-2/h3-5,7-10H2,1-2H3. The number of esters is 1. The van der Waals surface area contributed by atoms with E-state index < -0.39 is 0 Å². The van der Waals surface area contributed by atoms with E-state index in [4.69, 9.17) is 10.00 Å². The van der Waals surface area contributed by atoms with Crippen LogP contribution in [0.3, 0.4) is 0 Å². The Morgan fingerprint density at radius 1 is 1.31 bits per heavy atom. The number of methoxy groups -OCH3 is 2. The van der Waals surface area contributed by atoms with Crippen molar-refractivity contribution in [3.63, 3.8) is 0 Å². The van der Waals surface area contributed by atoms with Gasteiger partial charge in [-0.25, -0.2) is 0 Å². The van der Waals surface area contributed by atoms with E-state index in [2.05, 4.69) is 15.7 Å². The number of unbranched alkanes of at least 4 members (excludes halogenated alkanes) is 1. The molecular weight excluding hydrogens is 208 g/mol. The number of rotatable bonds is 9. The van der Waals surface area contributed by atoms with E-state index in [9.17, 15) is 4.79 Å². The summed E-state index contributed by atoms with van der Waals surface area (Å²) in [7, 11) is 3.03. The maximum atomic E-state index is 11.0. The number of nitrogens with zero attached hydrogens (tertiary/aromatic N) is 2. The molecule has 0 aliphatic rings. The van der Waals surface area contributed by atoms with Crippen LogP contribution in [-0.2, 0) is 14.3 Å². The molecule has 0 fully saturated rings. The van der Waals surface area contributed by atoms with Crippen molar-refractivity contribution >= 4 is 5.97 Å². The van der Waals surface area contributed by atoms with Crippen LogP contribution in [0.5, 0.6) is 0 Å². The van der Waals surface area contributed by atoms with Crippen LogP contribution < -0.4 is 0 Å². The number of hydrogen-bond donors (Lipinski definition) is 0. The maximum absolute atomic E-state index is 11.0. The normalized spacial score (nSPS) is 10.1. The zero-order valence-electron chi connectivity index (χ0n) is 10.1. The van der Waals surface area contributed by atoms with Gasteiger partial charge in [-0.2, -0.15) is 5.26 Å². The fourth-order valence-electron chi connectivity index (χ4n) is 1.29. The molecule has 0 aromatic rings. The van der Waals surface area contributed by atoms with Gasteiger partial charge in [0.2, 0.25) is 0 Å². The molecule has 0 saturated heterocycles. The highest BCUT2D eigenvalue weighted by atomic mass is 16.5. The van der Waals surface area contributed by atoms with Gasteiger partial charge in [-0.05, 0) is 13.0 Å². The van der Waals surface area contributed by atoms with Crippen molar-refractivity contribution in [2.24, 2.45) is 0 Å². The summed E-state index contributed by atoms with van der Waals surface area (Å²) in [6, 6.07) is 2.11. The second-order valence-electron chi connectivity index (χ2n) is 3.42. The lowest BCUT2D eigenvalue weighted by molar-refractivity contribution is -0.141. The van der Waals surface area contributed by atoms with E-state index in [1.165, 1.54) is 7.11 Å². The number of ether oxygens (including phenoxy) is 2. The van der Waals surface area contributed by atoms with Crippen molar-refractivity contribution in [2.75, 3.05) is 40.5 Å². The third-order valence-corrected chi connectivity index (χ3v) is 2.23. The predicted octanol–water partition coefficient (Wildman–Crippen LogP) is 0.802. The minimum atomic E-state index is -0.206. The lowest BCUT2D eigenvalue weighted by atomic mass is 10.3. The Labute approximate surface area is 96.9 Å².